The standard InChI is InChI=1S/C14H10O7/c1-20-14-6(16)4-8-10(13(14)19)12(18)9-7(21-8)3-2-5(15)11(9)17/h2-4,15-17,19H,1H3. The lowest BCUT2D eigenvalue weighted by Crippen LogP contribution is -2.03. The summed E-state index contributed by atoms with van der Waals surface area (Å²) in [5.41, 5.74) is -0.824. The Hall–Kier alpha value is -3.09. The smallest absolute Gasteiger partial charge is 0.208 e. The maximum absolute atomic E-state index is 12.4. The van der Waals surface area contributed by atoms with Crippen LogP contribution in [0.15, 0.2) is 27.4 Å². The number of fused-ring (bicyclic) bond motifs is 2. The Morgan fingerprint density at radius 2 is 1.62 bits per heavy atom. The van der Waals surface area contributed by atoms with Crippen molar-refractivity contribution in [3.05, 3.63) is 28.4 Å². The third-order valence-corrected chi connectivity index (χ3v) is 3.20. The van der Waals surface area contributed by atoms with Gasteiger partial charge in [-0.3, -0.25) is 4.79 Å². The Kier molecular flexibility index (Phi) is 2.59. The summed E-state index contributed by atoms with van der Waals surface area (Å²) in [6.45, 7) is 0. The van der Waals surface area contributed by atoms with Crippen LogP contribution in [-0.2, 0) is 0 Å². The molecule has 0 saturated heterocycles. The first-order chi connectivity index (χ1) is 9.95. The molecule has 1 aromatic heterocycles. The second-order valence-corrected chi connectivity index (χ2v) is 4.39. The van der Waals surface area contributed by atoms with Crippen molar-refractivity contribution in [3.8, 4) is 28.7 Å². The minimum atomic E-state index is -0.754. The highest BCUT2D eigenvalue weighted by molar-refractivity contribution is 5.98. The summed E-state index contributed by atoms with van der Waals surface area (Å²) < 4.78 is 10.2. The van der Waals surface area contributed by atoms with Gasteiger partial charge in [-0.25, -0.2) is 0 Å². The molecule has 4 N–H and O–H groups in total. The van der Waals surface area contributed by atoms with Gasteiger partial charge in [-0.15, -0.1) is 0 Å². The highest BCUT2D eigenvalue weighted by Gasteiger charge is 2.21. The first-order valence-corrected chi connectivity index (χ1v) is 5.86. The molecule has 3 rings (SSSR count). The number of rotatable bonds is 1. The monoisotopic (exact) mass is 290 g/mol. The van der Waals surface area contributed by atoms with Crippen LogP contribution in [0.2, 0.25) is 0 Å². The zero-order chi connectivity index (χ0) is 15.3. The van der Waals surface area contributed by atoms with Gasteiger partial charge in [0, 0.05) is 6.07 Å². The second-order valence-electron chi connectivity index (χ2n) is 4.39. The summed E-state index contributed by atoms with van der Waals surface area (Å²) in [6, 6.07) is 3.58. The fraction of sp³-hybridized carbons (Fsp3) is 0.0714. The van der Waals surface area contributed by atoms with Gasteiger partial charge in [-0.05, 0) is 12.1 Å². The predicted octanol–water partition coefficient (Wildman–Crippen LogP) is 1.78. The molecule has 1 heterocycles. The van der Waals surface area contributed by atoms with Crippen LogP contribution >= 0.6 is 0 Å². The first-order valence-electron chi connectivity index (χ1n) is 5.86. The maximum atomic E-state index is 12.4. The van der Waals surface area contributed by atoms with Crippen LogP contribution in [-0.4, -0.2) is 27.5 Å². The van der Waals surface area contributed by atoms with Gasteiger partial charge < -0.3 is 29.6 Å². The number of phenols is 4. The molecule has 0 aliphatic rings. The molecule has 3 aromatic rings. The zero-order valence-electron chi connectivity index (χ0n) is 10.7. The summed E-state index contributed by atoms with van der Waals surface area (Å²) in [6.07, 6.45) is 0. The number of hydrogen-bond acceptors (Lipinski definition) is 7. The molecule has 0 saturated carbocycles. The van der Waals surface area contributed by atoms with Crippen molar-refractivity contribution in [3.63, 3.8) is 0 Å². The number of hydrogen-bond donors (Lipinski definition) is 4. The molecular weight excluding hydrogens is 280 g/mol. The minimum Gasteiger partial charge on any atom is -0.504 e. The van der Waals surface area contributed by atoms with E-state index < -0.39 is 28.4 Å². The molecule has 0 unspecified atom stereocenters. The lowest BCUT2D eigenvalue weighted by Gasteiger charge is -2.09. The van der Waals surface area contributed by atoms with Crippen LogP contribution in [0.5, 0.6) is 28.7 Å². The molecule has 0 fully saturated rings. The van der Waals surface area contributed by atoms with E-state index in [1.54, 1.807) is 0 Å². The SMILES string of the molecule is COc1c(O)cc2oc3ccc(O)c(O)c3c(=O)c2c1O. The van der Waals surface area contributed by atoms with E-state index in [9.17, 15) is 25.2 Å². The maximum Gasteiger partial charge on any atom is 0.208 e. The third-order valence-electron chi connectivity index (χ3n) is 3.20. The molecular formula is C14H10O7. The average Bonchev–Trinajstić information content (AvgIpc) is 2.42. The third kappa shape index (κ3) is 1.64. The van der Waals surface area contributed by atoms with Crippen LogP contribution < -0.4 is 10.2 Å². The van der Waals surface area contributed by atoms with Crippen molar-refractivity contribution in [1.82, 2.24) is 0 Å². The molecule has 21 heavy (non-hydrogen) atoms. The van der Waals surface area contributed by atoms with Crippen LogP contribution in [0.25, 0.3) is 21.9 Å². The van der Waals surface area contributed by atoms with Crippen molar-refractivity contribution in [2.24, 2.45) is 0 Å². The van der Waals surface area contributed by atoms with Crippen LogP contribution in [0.4, 0.5) is 0 Å². The van der Waals surface area contributed by atoms with Gasteiger partial charge in [0.2, 0.25) is 11.2 Å². The van der Waals surface area contributed by atoms with E-state index in [0.717, 1.165) is 12.1 Å². The molecule has 0 bridgehead atoms. The number of aromatic hydroxyl groups is 4. The van der Waals surface area contributed by atoms with Gasteiger partial charge in [-0.2, -0.15) is 0 Å². The largest absolute Gasteiger partial charge is 0.504 e. The van der Waals surface area contributed by atoms with Crippen molar-refractivity contribution < 1.29 is 29.6 Å². The molecule has 7 heteroatoms. The van der Waals surface area contributed by atoms with E-state index >= 15 is 0 Å². The molecule has 0 aliphatic carbocycles. The number of phenolic OH excluding ortho intramolecular Hbond substituents is 4. The van der Waals surface area contributed by atoms with Crippen LogP contribution in [0.3, 0.4) is 0 Å². The van der Waals surface area contributed by atoms with Crippen molar-refractivity contribution >= 4 is 21.9 Å². The molecule has 0 aliphatic heterocycles. The average molecular weight is 290 g/mol. The Morgan fingerprint density at radius 3 is 2.29 bits per heavy atom. The van der Waals surface area contributed by atoms with E-state index in [-0.39, 0.29) is 27.7 Å². The molecule has 0 atom stereocenters. The summed E-state index contributed by atoms with van der Waals surface area (Å²) in [5, 5.41) is 38.5. The Morgan fingerprint density at radius 1 is 0.952 bits per heavy atom. The number of ether oxygens (including phenoxy) is 1. The highest BCUT2D eigenvalue weighted by Crippen LogP contribution is 2.42. The topological polar surface area (TPSA) is 120 Å². The van der Waals surface area contributed by atoms with E-state index in [0.29, 0.717) is 0 Å². The van der Waals surface area contributed by atoms with Crippen LogP contribution in [0.1, 0.15) is 0 Å². The van der Waals surface area contributed by atoms with Gasteiger partial charge in [-0.1, -0.05) is 0 Å². The van der Waals surface area contributed by atoms with Crippen molar-refractivity contribution in [2.75, 3.05) is 7.11 Å². The molecule has 7 nitrogen and oxygen atoms in total. The second kappa shape index (κ2) is 4.20. The van der Waals surface area contributed by atoms with Crippen molar-refractivity contribution in [1.29, 1.82) is 0 Å². The van der Waals surface area contributed by atoms with Gasteiger partial charge >= 0.3 is 0 Å². The lowest BCUT2D eigenvalue weighted by atomic mass is 10.1. The predicted molar refractivity (Wildman–Crippen MR) is 73.2 cm³/mol. The summed E-state index contributed by atoms with van der Waals surface area (Å²) in [5.74, 6) is -2.42. The first kappa shape index (κ1) is 12.9. The van der Waals surface area contributed by atoms with E-state index in [4.69, 9.17) is 9.15 Å². The Labute approximate surface area is 116 Å². The summed E-state index contributed by atoms with van der Waals surface area (Å²) in [7, 11) is 1.21. The molecule has 0 radical (unpaired) electrons. The quantitative estimate of drug-likeness (QED) is 0.398. The molecule has 2 aromatic carbocycles. The minimum absolute atomic E-state index is 0.00627. The summed E-state index contributed by atoms with van der Waals surface area (Å²) in [4.78, 5) is 12.4. The van der Waals surface area contributed by atoms with E-state index in [1.807, 2.05) is 0 Å². The van der Waals surface area contributed by atoms with Gasteiger partial charge in [0.05, 0.1) is 7.11 Å². The highest BCUT2D eigenvalue weighted by atomic mass is 16.5. The Bertz CT molecular complexity index is 940. The van der Waals surface area contributed by atoms with Crippen molar-refractivity contribution in [2.45, 2.75) is 0 Å². The van der Waals surface area contributed by atoms with E-state index in [2.05, 4.69) is 0 Å². The van der Waals surface area contributed by atoms with Gasteiger partial charge in [0.15, 0.2) is 23.0 Å². The zero-order valence-corrected chi connectivity index (χ0v) is 10.7. The summed E-state index contributed by atoms with van der Waals surface area (Å²) >= 11 is 0. The molecule has 0 spiro atoms. The fourth-order valence-electron chi connectivity index (χ4n) is 2.22. The van der Waals surface area contributed by atoms with E-state index in [1.165, 1.54) is 13.2 Å². The fourth-order valence-corrected chi connectivity index (χ4v) is 2.22. The lowest BCUT2D eigenvalue weighted by molar-refractivity contribution is 0.346. The number of methoxy groups -OCH3 is 1. The number of benzene rings is 2. The van der Waals surface area contributed by atoms with Gasteiger partial charge in [0.25, 0.3) is 0 Å². The van der Waals surface area contributed by atoms with Crippen LogP contribution in [0, 0.1) is 0 Å². The molecule has 108 valence electrons. The molecule has 0 amide bonds. The normalized spacial score (nSPS) is 11.1. The Balaban J connectivity index is 2.62. The van der Waals surface area contributed by atoms with Gasteiger partial charge in [0.1, 0.15) is 21.9 Å².